The lowest BCUT2D eigenvalue weighted by atomic mass is 10.2. The van der Waals surface area contributed by atoms with Gasteiger partial charge in [0.25, 0.3) is 5.91 Å². The van der Waals surface area contributed by atoms with Crippen molar-refractivity contribution in [3.63, 3.8) is 0 Å². The van der Waals surface area contributed by atoms with Gasteiger partial charge in [0, 0.05) is 6.07 Å². The maximum absolute atomic E-state index is 11.9. The van der Waals surface area contributed by atoms with Crippen LogP contribution in [0.2, 0.25) is 0 Å². The third-order valence-electron chi connectivity index (χ3n) is 2.54. The number of carbonyl (C=O) groups is 1. The van der Waals surface area contributed by atoms with Crippen molar-refractivity contribution in [2.45, 2.75) is 20.0 Å². The lowest BCUT2D eigenvalue weighted by Crippen LogP contribution is -2.30. The first kappa shape index (κ1) is 13.6. The Morgan fingerprint density at radius 2 is 2.15 bits per heavy atom. The van der Waals surface area contributed by atoms with Gasteiger partial charge in [0.15, 0.2) is 11.9 Å². The number of nitrogens with zero attached hydrogens (tertiary/aromatic N) is 2. The molecule has 0 radical (unpaired) electrons. The van der Waals surface area contributed by atoms with Gasteiger partial charge >= 0.3 is 0 Å². The monoisotopic (exact) mass is 271 g/mol. The molecule has 0 spiro atoms. The lowest BCUT2D eigenvalue weighted by Gasteiger charge is -2.13. The number of nitriles is 1. The van der Waals surface area contributed by atoms with E-state index in [4.69, 9.17) is 14.5 Å². The van der Waals surface area contributed by atoms with Crippen LogP contribution >= 0.6 is 0 Å². The molecule has 1 N–H and O–H groups in total. The van der Waals surface area contributed by atoms with E-state index in [1.807, 2.05) is 6.07 Å². The largest absolute Gasteiger partial charge is 0.481 e. The molecule has 6 nitrogen and oxygen atoms in total. The Hall–Kier alpha value is -2.81. The van der Waals surface area contributed by atoms with Gasteiger partial charge in [-0.3, -0.25) is 4.79 Å². The van der Waals surface area contributed by atoms with Crippen molar-refractivity contribution in [3.05, 3.63) is 41.7 Å². The first-order valence-electron chi connectivity index (χ1n) is 5.99. The average molecular weight is 271 g/mol. The molecule has 2 aromatic rings. The van der Waals surface area contributed by atoms with Gasteiger partial charge in [-0.25, -0.2) is 0 Å². The van der Waals surface area contributed by atoms with E-state index in [2.05, 4.69) is 10.5 Å². The van der Waals surface area contributed by atoms with E-state index in [0.29, 0.717) is 22.9 Å². The normalized spacial score (nSPS) is 11.4. The zero-order valence-corrected chi connectivity index (χ0v) is 11.1. The van der Waals surface area contributed by atoms with Crippen LogP contribution in [0.3, 0.4) is 0 Å². The van der Waals surface area contributed by atoms with Crippen molar-refractivity contribution < 1.29 is 14.1 Å². The van der Waals surface area contributed by atoms with Gasteiger partial charge in [0.05, 0.1) is 11.6 Å². The Labute approximate surface area is 115 Å². The van der Waals surface area contributed by atoms with Crippen LogP contribution in [0.5, 0.6) is 5.75 Å². The van der Waals surface area contributed by atoms with Crippen molar-refractivity contribution >= 4 is 11.7 Å². The van der Waals surface area contributed by atoms with E-state index in [-0.39, 0.29) is 5.91 Å². The van der Waals surface area contributed by atoms with Gasteiger partial charge in [0.2, 0.25) is 0 Å². The lowest BCUT2D eigenvalue weighted by molar-refractivity contribution is -0.122. The molecule has 6 heteroatoms. The molecule has 0 fully saturated rings. The summed E-state index contributed by atoms with van der Waals surface area (Å²) in [5, 5.41) is 14.9. The number of hydrogen-bond donors (Lipinski definition) is 1. The summed E-state index contributed by atoms with van der Waals surface area (Å²) >= 11 is 0. The van der Waals surface area contributed by atoms with Gasteiger partial charge in [0.1, 0.15) is 11.5 Å². The van der Waals surface area contributed by atoms with Crippen LogP contribution in [0.15, 0.2) is 34.9 Å². The van der Waals surface area contributed by atoms with Crippen molar-refractivity contribution in [1.82, 2.24) is 5.16 Å². The topological polar surface area (TPSA) is 88.1 Å². The fraction of sp³-hybridized carbons (Fsp3) is 0.214. The van der Waals surface area contributed by atoms with E-state index in [0.717, 1.165) is 0 Å². The molecule has 0 aliphatic rings. The molecular weight excluding hydrogens is 258 g/mol. The minimum atomic E-state index is -0.694. The SMILES string of the molecule is Cc1cc(NC(=O)[C@H](C)Oc2ccc(C#N)cc2)no1. The molecule has 0 unspecified atom stereocenters. The molecular formula is C14H13N3O3. The Kier molecular flexibility index (Phi) is 4.01. The fourth-order valence-corrected chi connectivity index (χ4v) is 1.52. The molecule has 1 atom stereocenters. The van der Waals surface area contributed by atoms with Crippen LogP contribution in [-0.2, 0) is 4.79 Å². The summed E-state index contributed by atoms with van der Waals surface area (Å²) in [5.74, 6) is 1.15. The fourth-order valence-electron chi connectivity index (χ4n) is 1.52. The summed E-state index contributed by atoms with van der Waals surface area (Å²) < 4.78 is 10.3. The summed E-state index contributed by atoms with van der Waals surface area (Å²) in [6.45, 7) is 3.36. The highest BCUT2D eigenvalue weighted by Crippen LogP contribution is 2.14. The quantitative estimate of drug-likeness (QED) is 0.921. The second kappa shape index (κ2) is 5.89. The zero-order chi connectivity index (χ0) is 14.5. The molecule has 20 heavy (non-hydrogen) atoms. The Balaban J connectivity index is 1.95. The van der Waals surface area contributed by atoms with Gasteiger partial charge in [-0.2, -0.15) is 5.26 Å². The first-order valence-corrected chi connectivity index (χ1v) is 5.99. The summed E-state index contributed by atoms with van der Waals surface area (Å²) in [6, 6.07) is 10.2. The number of amides is 1. The molecule has 0 bridgehead atoms. The maximum Gasteiger partial charge on any atom is 0.266 e. The van der Waals surface area contributed by atoms with Crippen molar-refractivity contribution in [2.75, 3.05) is 5.32 Å². The van der Waals surface area contributed by atoms with Gasteiger partial charge in [-0.15, -0.1) is 0 Å². The number of benzene rings is 1. The molecule has 1 heterocycles. The van der Waals surface area contributed by atoms with Crippen LogP contribution in [-0.4, -0.2) is 17.2 Å². The highest BCUT2D eigenvalue weighted by atomic mass is 16.5. The highest BCUT2D eigenvalue weighted by Gasteiger charge is 2.16. The second-order valence-electron chi connectivity index (χ2n) is 4.21. The van der Waals surface area contributed by atoms with Crippen LogP contribution in [0, 0.1) is 18.3 Å². The summed E-state index contributed by atoms with van der Waals surface area (Å²) in [4.78, 5) is 11.9. The van der Waals surface area contributed by atoms with Gasteiger partial charge in [-0.05, 0) is 38.1 Å². The van der Waals surface area contributed by atoms with E-state index >= 15 is 0 Å². The Bertz CT molecular complexity index is 640. The number of hydrogen-bond acceptors (Lipinski definition) is 5. The number of carbonyl (C=O) groups excluding carboxylic acids is 1. The summed E-state index contributed by atoms with van der Waals surface area (Å²) in [5.41, 5.74) is 0.535. The van der Waals surface area contributed by atoms with Gasteiger partial charge < -0.3 is 14.6 Å². The molecule has 1 amide bonds. The van der Waals surface area contributed by atoms with Crippen LogP contribution in [0.25, 0.3) is 0 Å². The predicted molar refractivity (Wildman–Crippen MR) is 71.1 cm³/mol. The number of nitrogens with one attached hydrogen (secondary N) is 1. The molecule has 1 aromatic heterocycles. The average Bonchev–Trinajstić information content (AvgIpc) is 2.85. The van der Waals surface area contributed by atoms with Crippen molar-refractivity contribution in [2.24, 2.45) is 0 Å². The first-order chi connectivity index (χ1) is 9.58. The summed E-state index contributed by atoms with van der Waals surface area (Å²) in [7, 11) is 0. The third kappa shape index (κ3) is 3.36. The molecule has 102 valence electrons. The number of aromatic nitrogens is 1. The van der Waals surface area contributed by atoms with E-state index < -0.39 is 6.10 Å². The molecule has 0 saturated heterocycles. The smallest absolute Gasteiger partial charge is 0.266 e. The summed E-state index contributed by atoms with van der Waals surface area (Å²) in [6.07, 6.45) is -0.694. The Morgan fingerprint density at radius 1 is 1.45 bits per heavy atom. The maximum atomic E-state index is 11.9. The van der Waals surface area contributed by atoms with Crippen LogP contribution in [0.4, 0.5) is 5.82 Å². The van der Waals surface area contributed by atoms with Crippen LogP contribution < -0.4 is 10.1 Å². The van der Waals surface area contributed by atoms with E-state index in [9.17, 15) is 4.79 Å². The van der Waals surface area contributed by atoms with Crippen LogP contribution in [0.1, 0.15) is 18.2 Å². The number of rotatable bonds is 4. The predicted octanol–water partition coefficient (Wildman–Crippen LogP) is 2.26. The molecule has 0 saturated carbocycles. The third-order valence-corrected chi connectivity index (χ3v) is 2.54. The van der Waals surface area contributed by atoms with E-state index in [1.165, 1.54) is 0 Å². The minimum absolute atomic E-state index is 0.331. The number of aryl methyl sites for hydroxylation is 1. The molecule has 0 aliphatic carbocycles. The van der Waals surface area contributed by atoms with E-state index in [1.54, 1.807) is 44.2 Å². The molecule has 2 rings (SSSR count). The second-order valence-corrected chi connectivity index (χ2v) is 4.21. The molecule has 1 aromatic carbocycles. The van der Waals surface area contributed by atoms with Gasteiger partial charge in [-0.1, -0.05) is 5.16 Å². The van der Waals surface area contributed by atoms with Crippen molar-refractivity contribution in [1.29, 1.82) is 5.26 Å². The highest BCUT2D eigenvalue weighted by molar-refractivity contribution is 5.93. The number of anilines is 1. The standard InChI is InChI=1S/C14H13N3O3/c1-9-7-13(17-20-9)16-14(18)10(2)19-12-5-3-11(8-15)4-6-12/h3-7,10H,1-2H3,(H,16,17,18)/t10-/m0/s1. The van der Waals surface area contributed by atoms with Crippen molar-refractivity contribution in [3.8, 4) is 11.8 Å². The molecule has 0 aliphatic heterocycles. The minimum Gasteiger partial charge on any atom is -0.481 e. The Morgan fingerprint density at radius 3 is 2.70 bits per heavy atom. The number of ether oxygens (including phenoxy) is 1. The zero-order valence-electron chi connectivity index (χ0n) is 11.1.